The van der Waals surface area contributed by atoms with Crippen molar-refractivity contribution in [2.45, 2.75) is 25.6 Å². The Hall–Kier alpha value is -1.67. The second-order valence-electron chi connectivity index (χ2n) is 5.54. The van der Waals surface area contributed by atoms with Crippen molar-refractivity contribution < 1.29 is 4.39 Å². The molecule has 1 saturated heterocycles. The average molecular weight is 269 g/mol. The van der Waals surface area contributed by atoms with E-state index in [0.717, 1.165) is 25.9 Å². The van der Waals surface area contributed by atoms with Crippen molar-refractivity contribution >= 4 is 0 Å². The van der Waals surface area contributed by atoms with E-state index in [-0.39, 0.29) is 0 Å². The lowest BCUT2D eigenvalue weighted by atomic mass is 10.0. The molecule has 1 aliphatic rings. The average Bonchev–Trinajstić information content (AvgIpc) is 2.49. The van der Waals surface area contributed by atoms with Crippen LogP contribution in [0.4, 0.5) is 4.39 Å². The molecule has 0 spiro atoms. The van der Waals surface area contributed by atoms with Gasteiger partial charge < -0.3 is 0 Å². The van der Waals surface area contributed by atoms with Gasteiger partial charge in [-0.2, -0.15) is 0 Å². The molecule has 1 unspecified atom stereocenters. The lowest BCUT2D eigenvalue weighted by molar-refractivity contribution is 0.133. The van der Waals surface area contributed by atoms with Crippen LogP contribution in [0.25, 0.3) is 11.1 Å². The van der Waals surface area contributed by atoms with Crippen LogP contribution in [0.5, 0.6) is 0 Å². The molecule has 1 heterocycles. The number of benzene rings is 2. The van der Waals surface area contributed by atoms with E-state index in [0.29, 0.717) is 6.54 Å². The Labute approximate surface area is 120 Å². The first-order chi connectivity index (χ1) is 9.81. The van der Waals surface area contributed by atoms with Gasteiger partial charge in [-0.15, -0.1) is 0 Å². The molecule has 1 aliphatic heterocycles. The molecular weight excluding hydrogens is 249 g/mol. The van der Waals surface area contributed by atoms with Crippen LogP contribution < -0.4 is 0 Å². The molecule has 0 bridgehead atoms. The highest BCUT2D eigenvalue weighted by Crippen LogP contribution is 2.21. The normalized spacial score (nSPS) is 19.9. The molecule has 1 nitrogen and oxygen atoms in total. The fourth-order valence-corrected chi connectivity index (χ4v) is 2.83. The molecule has 2 aromatic rings. The largest absolute Gasteiger partial charge is 0.296 e. The second kappa shape index (κ2) is 6.19. The summed E-state index contributed by atoms with van der Waals surface area (Å²) in [7, 11) is 0. The van der Waals surface area contributed by atoms with Crippen LogP contribution in [0.1, 0.15) is 18.4 Å². The van der Waals surface area contributed by atoms with Crippen molar-refractivity contribution in [3.8, 4) is 11.1 Å². The van der Waals surface area contributed by atoms with Gasteiger partial charge in [0.15, 0.2) is 0 Å². The molecule has 0 aliphatic carbocycles. The number of likely N-dealkylation sites (tertiary alicyclic amines) is 1. The van der Waals surface area contributed by atoms with E-state index >= 15 is 0 Å². The molecular formula is C18H20FN. The van der Waals surface area contributed by atoms with E-state index < -0.39 is 6.17 Å². The number of alkyl halides is 1. The van der Waals surface area contributed by atoms with Crippen LogP contribution in [0.2, 0.25) is 0 Å². The van der Waals surface area contributed by atoms with Gasteiger partial charge in [0.05, 0.1) is 0 Å². The van der Waals surface area contributed by atoms with E-state index in [2.05, 4.69) is 53.4 Å². The van der Waals surface area contributed by atoms with Crippen LogP contribution in [0, 0.1) is 0 Å². The summed E-state index contributed by atoms with van der Waals surface area (Å²) in [6.07, 6.45) is 1.06. The Morgan fingerprint density at radius 2 is 1.65 bits per heavy atom. The third-order valence-corrected chi connectivity index (χ3v) is 3.92. The van der Waals surface area contributed by atoms with Crippen LogP contribution in [-0.2, 0) is 6.54 Å². The van der Waals surface area contributed by atoms with Crippen LogP contribution >= 0.6 is 0 Å². The van der Waals surface area contributed by atoms with Crippen molar-refractivity contribution in [3.63, 3.8) is 0 Å². The Morgan fingerprint density at radius 3 is 2.35 bits per heavy atom. The van der Waals surface area contributed by atoms with Crippen molar-refractivity contribution in [2.24, 2.45) is 0 Å². The summed E-state index contributed by atoms with van der Waals surface area (Å²) in [5.74, 6) is 0. The van der Waals surface area contributed by atoms with Crippen LogP contribution in [0.3, 0.4) is 0 Å². The quantitative estimate of drug-likeness (QED) is 0.803. The molecule has 2 aromatic carbocycles. The molecule has 1 fully saturated rings. The third kappa shape index (κ3) is 3.26. The molecule has 0 N–H and O–H groups in total. The highest BCUT2D eigenvalue weighted by atomic mass is 19.1. The Bertz CT molecular complexity index is 535. The molecule has 2 heteroatoms. The van der Waals surface area contributed by atoms with Gasteiger partial charge in [0, 0.05) is 13.1 Å². The summed E-state index contributed by atoms with van der Waals surface area (Å²) in [5, 5.41) is 0. The van der Waals surface area contributed by atoms with Crippen molar-refractivity contribution in [2.75, 3.05) is 13.1 Å². The smallest absolute Gasteiger partial charge is 0.113 e. The zero-order valence-electron chi connectivity index (χ0n) is 11.6. The van der Waals surface area contributed by atoms with Gasteiger partial charge in [0.2, 0.25) is 0 Å². The summed E-state index contributed by atoms with van der Waals surface area (Å²) in [6.45, 7) is 2.46. The van der Waals surface area contributed by atoms with E-state index in [1.165, 1.54) is 16.7 Å². The predicted molar refractivity (Wildman–Crippen MR) is 81.3 cm³/mol. The summed E-state index contributed by atoms with van der Waals surface area (Å²) in [6, 6.07) is 19.0. The maximum Gasteiger partial charge on any atom is 0.113 e. The molecule has 1 atom stereocenters. The minimum atomic E-state index is -0.646. The first kappa shape index (κ1) is 13.3. The van der Waals surface area contributed by atoms with E-state index in [1.54, 1.807) is 0 Å². The number of halogens is 1. The fourth-order valence-electron chi connectivity index (χ4n) is 2.83. The SMILES string of the molecule is FC1CCCN(Cc2ccc(-c3ccccc3)cc2)C1. The number of rotatable bonds is 3. The van der Waals surface area contributed by atoms with Gasteiger partial charge in [-0.25, -0.2) is 4.39 Å². The van der Waals surface area contributed by atoms with Crippen molar-refractivity contribution in [1.82, 2.24) is 4.90 Å². The van der Waals surface area contributed by atoms with E-state index in [9.17, 15) is 4.39 Å². The van der Waals surface area contributed by atoms with Gasteiger partial charge in [0.1, 0.15) is 6.17 Å². The standard InChI is InChI=1S/C18H20FN/c19-18-7-4-12-20(14-18)13-15-8-10-17(11-9-15)16-5-2-1-3-6-16/h1-3,5-6,8-11,18H,4,7,12-14H2. The number of hydrogen-bond acceptors (Lipinski definition) is 1. The molecule has 0 aromatic heterocycles. The molecule has 0 saturated carbocycles. The first-order valence-corrected chi connectivity index (χ1v) is 7.32. The molecule has 3 rings (SSSR count). The Morgan fingerprint density at radius 1 is 0.950 bits per heavy atom. The van der Waals surface area contributed by atoms with Crippen molar-refractivity contribution in [1.29, 1.82) is 0 Å². The Balaban J connectivity index is 1.67. The number of hydrogen-bond donors (Lipinski definition) is 0. The van der Waals surface area contributed by atoms with Gasteiger partial charge in [-0.05, 0) is 36.1 Å². The van der Waals surface area contributed by atoms with Gasteiger partial charge in [-0.3, -0.25) is 4.90 Å². The van der Waals surface area contributed by atoms with Gasteiger partial charge >= 0.3 is 0 Å². The van der Waals surface area contributed by atoms with Gasteiger partial charge in [0.25, 0.3) is 0 Å². The van der Waals surface area contributed by atoms with Crippen LogP contribution in [-0.4, -0.2) is 24.2 Å². The summed E-state index contributed by atoms with van der Waals surface area (Å²) in [4.78, 5) is 2.21. The second-order valence-corrected chi connectivity index (χ2v) is 5.54. The lowest BCUT2D eigenvalue weighted by Gasteiger charge is -2.28. The Kier molecular flexibility index (Phi) is 4.12. The first-order valence-electron chi connectivity index (χ1n) is 7.32. The monoisotopic (exact) mass is 269 g/mol. The number of nitrogens with zero attached hydrogens (tertiary/aromatic N) is 1. The zero-order chi connectivity index (χ0) is 13.8. The zero-order valence-corrected chi connectivity index (χ0v) is 11.6. The van der Waals surface area contributed by atoms with Gasteiger partial charge in [-0.1, -0.05) is 54.6 Å². The fraction of sp³-hybridized carbons (Fsp3) is 0.333. The third-order valence-electron chi connectivity index (χ3n) is 3.92. The van der Waals surface area contributed by atoms with Crippen LogP contribution in [0.15, 0.2) is 54.6 Å². The maximum absolute atomic E-state index is 13.4. The lowest BCUT2D eigenvalue weighted by Crippen LogP contribution is -2.35. The highest BCUT2D eigenvalue weighted by molar-refractivity contribution is 5.63. The van der Waals surface area contributed by atoms with E-state index in [4.69, 9.17) is 0 Å². The summed E-state index contributed by atoms with van der Waals surface area (Å²) >= 11 is 0. The molecule has 0 radical (unpaired) electrons. The molecule has 104 valence electrons. The number of piperidine rings is 1. The molecule has 20 heavy (non-hydrogen) atoms. The molecule has 0 amide bonds. The minimum Gasteiger partial charge on any atom is -0.296 e. The topological polar surface area (TPSA) is 3.24 Å². The minimum absolute atomic E-state index is 0.584. The summed E-state index contributed by atoms with van der Waals surface area (Å²) in [5.41, 5.74) is 3.73. The predicted octanol–water partition coefficient (Wildman–Crippen LogP) is 4.29. The van der Waals surface area contributed by atoms with E-state index in [1.807, 2.05) is 6.07 Å². The maximum atomic E-state index is 13.4. The highest BCUT2D eigenvalue weighted by Gasteiger charge is 2.18. The summed E-state index contributed by atoms with van der Waals surface area (Å²) < 4.78 is 13.4. The van der Waals surface area contributed by atoms with Crippen molar-refractivity contribution in [3.05, 3.63) is 60.2 Å².